The summed E-state index contributed by atoms with van der Waals surface area (Å²) >= 11 is 1.44. The highest BCUT2D eigenvalue weighted by atomic mass is 32.1. The Balaban J connectivity index is 2.16. The Morgan fingerprint density at radius 2 is 2.44 bits per heavy atom. The molecular formula is C13H17NO3S. The summed E-state index contributed by atoms with van der Waals surface area (Å²) in [7, 11) is 0. The van der Waals surface area contributed by atoms with E-state index in [4.69, 9.17) is 4.74 Å². The second-order valence-corrected chi connectivity index (χ2v) is 5.44. The number of carbonyl (C=O) groups is 2. The molecule has 0 aromatic carbocycles. The van der Waals surface area contributed by atoms with Crippen molar-refractivity contribution in [3.8, 4) is 0 Å². The molecule has 2 unspecified atom stereocenters. The van der Waals surface area contributed by atoms with Gasteiger partial charge in [0.2, 0.25) is 0 Å². The molecule has 0 aliphatic carbocycles. The van der Waals surface area contributed by atoms with Gasteiger partial charge in [0.25, 0.3) is 0 Å². The van der Waals surface area contributed by atoms with Crippen molar-refractivity contribution in [2.75, 3.05) is 13.2 Å². The van der Waals surface area contributed by atoms with E-state index in [0.29, 0.717) is 11.5 Å². The summed E-state index contributed by atoms with van der Waals surface area (Å²) in [6, 6.07) is 3.70. The van der Waals surface area contributed by atoms with Crippen molar-refractivity contribution >= 4 is 23.6 Å². The topological polar surface area (TPSA) is 55.4 Å². The fraction of sp³-hybridized carbons (Fsp3) is 0.538. The van der Waals surface area contributed by atoms with Crippen molar-refractivity contribution in [1.29, 1.82) is 0 Å². The van der Waals surface area contributed by atoms with Gasteiger partial charge in [-0.15, -0.1) is 11.3 Å². The standard InChI is InChI=1S/C13H17NO3S/c1-2-17-13(16)10-4-3-7-14-12(10)11-6-5-9(8-15)18-11/h5-6,8,10,12,14H,2-4,7H2,1H3. The van der Waals surface area contributed by atoms with Gasteiger partial charge in [0.15, 0.2) is 6.29 Å². The van der Waals surface area contributed by atoms with Gasteiger partial charge >= 0.3 is 5.97 Å². The minimum atomic E-state index is -0.143. The number of nitrogens with one attached hydrogen (secondary N) is 1. The summed E-state index contributed by atoms with van der Waals surface area (Å²) in [5.41, 5.74) is 0. The van der Waals surface area contributed by atoms with Gasteiger partial charge in [0.1, 0.15) is 0 Å². The van der Waals surface area contributed by atoms with Crippen LogP contribution in [0.4, 0.5) is 0 Å². The Kier molecular flexibility index (Phi) is 4.49. The molecule has 1 aromatic heterocycles. The number of hydrogen-bond donors (Lipinski definition) is 1. The molecule has 0 saturated carbocycles. The summed E-state index contributed by atoms with van der Waals surface area (Å²) in [4.78, 5) is 24.4. The van der Waals surface area contributed by atoms with Crippen LogP contribution in [-0.2, 0) is 9.53 Å². The average Bonchev–Trinajstić information content (AvgIpc) is 2.87. The molecule has 0 spiro atoms. The number of piperidine rings is 1. The maximum absolute atomic E-state index is 11.9. The zero-order valence-electron chi connectivity index (χ0n) is 10.3. The first-order chi connectivity index (χ1) is 8.76. The highest BCUT2D eigenvalue weighted by Gasteiger charge is 2.33. The number of esters is 1. The number of thiophene rings is 1. The van der Waals surface area contributed by atoms with E-state index in [0.717, 1.165) is 30.5 Å². The highest BCUT2D eigenvalue weighted by molar-refractivity contribution is 7.13. The first-order valence-electron chi connectivity index (χ1n) is 6.21. The zero-order chi connectivity index (χ0) is 13.0. The van der Waals surface area contributed by atoms with Gasteiger partial charge in [-0.1, -0.05) is 0 Å². The summed E-state index contributed by atoms with van der Waals surface area (Å²) in [5.74, 6) is -0.285. The van der Waals surface area contributed by atoms with Crippen LogP contribution in [0, 0.1) is 5.92 Å². The minimum absolute atomic E-state index is 0.0171. The maximum atomic E-state index is 11.9. The predicted octanol–water partition coefficient (Wildman–Crippen LogP) is 2.16. The third kappa shape index (κ3) is 2.79. The third-order valence-electron chi connectivity index (χ3n) is 3.12. The second-order valence-electron chi connectivity index (χ2n) is 4.29. The van der Waals surface area contributed by atoms with Crippen molar-refractivity contribution in [3.63, 3.8) is 0 Å². The van der Waals surface area contributed by atoms with E-state index >= 15 is 0 Å². The number of carbonyl (C=O) groups excluding carboxylic acids is 2. The number of hydrogen-bond acceptors (Lipinski definition) is 5. The average molecular weight is 267 g/mol. The lowest BCUT2D eigenvalue weighted by Gasteiger charge is -2.30. The Bertz CT molecular complexity index is 430. The molecule has 98 valence electrons. The van der Waals surface area contributed by atoms with E-state index in [9.17, 15) is 9.59 Å². The number of aldehydes is 1. The van der Waals surface area contributed by atoms with Crippen LogP contribution in [0.2, 0.25) is 0 Å². The number of rotatable bonds is 4. The molecule has 2 heterocycles. The van der Waals surface area contributed by atoms with E-state index < -0.39 is 0 Å². The van der Waals surface area contributed by atoms with Crippen molar-refractivity contribution in [1.82, 2.24) is 5.32 Å². The molecule has 18 heavy (non-hydrogen) atoms. The van der Waals surface area contributed by atoms with Crippen LogP contribution in [0.25, 0.3) is 0 Å². The minimum Gasteiger partial charge on any atom is -0.466 e. The SMILES string of the molecule is CCOC(=O)C1CCCNC1c1ccc(C=O)s1. The van der Waals surface area contributed by atoms with Crippen molar-refractivity contribution in [2.45, 2.75) is 25.8 Å². The lowest BCUT2D eigenvalue weighted by Crippen LogP contribution is -2.38. The molecule has 1 aliphatic heterocycles. The molecule has 2 atom stereocenters. The van der Waals surface area contributed by atoms with Crippen LogP contribution in [0.5, 0.6) is 0 Å². The second kappa shape index (κ2) is 6.11. The summed E-state index contributed by atoms with van der Waals surface area (Å²) in [6.07, 6.45) is 2.66. The Morgan fingerprint density at radius 1 is 1.61 bits per heavy atom. The summed E-state index contributed by atoms with van der Waals surface area (Å²) in [5, 5.41) is 3.36. The van der Waals surface area contributed by atoms with Crippen LogP contribution in [0.15, 0.2) is 12.1 Å². The van der Waals surface area contributed by atoms with Crippen LogP contribution in [-0.4, -0.2) is 25.4 Å². The number of ether oxygens (including phenoxy) is 1. The molecule has 1 aliphatic rings. The van der Waals surface area contributed by atoms with Crippen LogP contribution in [0.3, 0.4) is 0 Å². The van der Waals surface area contributed by atoms with E-state index in [2.05, 4.69) is 5.32 Å². The molecular weight excluding hydrogens is 250 g/mol. The fourth-order valence-corrected chi connectivity index (χ4v) is 3.26. The first-order valence-corrected chi connectivity index (χ1v) is 7.02. The van der Waals surface area contributed by atoms with Crippen molar-refractivity contribution in [2.24, 2.45) is 5.92 Å². The third-order valence-corrected chi connectivity index (χ3v) is 4.21. The lowest BCUT2D eigenvalue weighted by molar-refractivity contribution is -0.150. The van der Waals surface area contributed by atoms with Gasteiger partial charge in [-0.05, 0) is 38.4 Å². The van der Waals surface area contributed by atoms with E-state index in [1.165, 1.54) is 11.3 Å². The van der Waals surface area contributed by atoms with Gasteiger partial charge in [-0.3, -0.25) is 9.59 Å². The molecule has 0 amide bonds. The Hall–Kier alpha value is -1.20. The van der Waals surface area contributed by atoms with Crippen molar-refractivity contribution < 1.29 is 14.3 Å². The normalized spacial score (nSPS) is 23.6. The van der Waals surface area contributed by atoms with E-state index in [1.54, 1.807) is 6.07 Å². The van der Waals surface area contributed by atoms with Gasteiger partial charge < -0.3 is 10.1 Å². The quantitative estimate of drug-likeness (QED) is 0.671. The molecule has 4 nitrogen and oxygen atoms in total. The predicted molar refractivity (Wildman–Crippen MR) is 69.8 cm³/mol. The molecule has 0 bridgehead atoms. The monoisotopic (exact) mass is 267 g/mol. The largest absolute Gasteiger partial charge is 0.466 e. The summed E-state index contributed by atoms with van der Waals surface area (Å²) < 4.78 is 5.12. The fourth-order valence-electron chi connectivity index (χ4n) is 2.29. The van der Waals surface area contributed by atoms with Gasteiger partial charge in [-0.25, -0.2) is 0 Å². The molecule has 5 heteroatoms. The first kappa shape index (κ1) is 13.2. The lowest BCUT2D eigenvalue weighted by atomic mass is 9.90. The van der Waals surface area contributed by atoms with Crippen LogP contribution < -0.4 is 5.32 Å². The smallest absolute Gasteiger partial charge is 0.310 e. The van der Waals surface area contributed by atoms with Crippen LogP contribution >= 0.6 is 11.3 Å². The van der Waals surface area contributed by atoms with E-state index in [1.807, 2.05) is 13.0 Å². The zero-order valence-corrected chi connectivity index (χ0v) is 11.2. The molecule has 1 saturated heterocycles. The van der Waals surface area contributed by atoms with Gasteiger partial charge in [0.05, 0.1) is 23.4 Å². The summed E-state index contributed by atoms with van der Waals surface area (Å²) in [6.45, 7) is 3.12. The molecule has 2 rings (SSSR count). The Morgan fingerprint density at radius 3 is 3.11 bits per heavy atom. The molecule has 1 N–H and O–H groups in total. The van der Waals surface area contributed by atoms with Crippen LogP contribution in [0.1, 0.15) is 40.4 Å². The molecule has 1 fully saturated rings. The van der Waals surface area contributed by atoms with Gasteiger partial charge in [0, 0.05) is 4.88 Å². The molecule has 0 radical (unpaired) electrons. The molecule has 1 aromatic rings. The van der Waals surface area contributed by atoms with Gasteiger partial charge in [-0.2, -0.15) is 0 Å². The highest BCUT2D eigenvalue weighted by Crippen LogP contribution is 2.33. The maximum Gasteiger partial charge on any atom is 0.310 e. The Labute approximate surface area is 110 Å². The van der Waals surface area contributed by atoms with Crippen molar-refractivity contribution in [3.05, 3.63) is 21.9 Å². The van der Waals surface area contributed by atoms with E-state index in [-0.39, 0.29) is 17.9 Å².